The molecule has 14 nitrogen and oxygen atoms in total. The molecular weight excluding hydrogens is 652 g/mol. The Bertz CT molecular complexity index is 1710. The SMILES string of the molecule is COc1cc2c(Nc3ncc(CC(=O)Nc4cccc(F)c4)s3)ncnc2cc1OCCCN1CCC[C@H]1CNCCOP(=O)(O)O. The number of methoxy groups -OCH3 is 1. The molecular formula is C30H37FN7O7PS. The molecule has 2 aromatic carbocycles. The highest BCUT2D eigenvalue weighted by molar-refractivity contribution is 7.46. The van der Waals surface area contributed by atoms with Crippen LogP contribution in [-0.4, -0.2) is 88.1 Å². The van der Waals surface area contributed by atoms with Crippen molar-refractivity contribution in [3.8, 4) is 11.5 Å². The molecule has 4 aromatic rings. The van der Waals surface area contributed by atoms with Crippen molar-refractivity contribution in [2.24, 2.45) is 0 Å². The number of carbonyl (C=O) groups is 1. The molecule has 1 fully saturated rings. The molecule has 0 saturated carbocycles. The Morgan fingerprint density at radius 1 is 1.17 bits per heavy atom. The Morgan fingerprint density at radius 3 is 2.85 bits per heavy atom. The monoisotopic (exact) mass is 689 g/mol. The van der Waals surface area contributed by atoms with Gasteiger partial charge in [0.25, 0.3) is 0 Å². The van der Waals surface area contributed by atoms with Crippen molar-refractivity contribution >= 4 is 52.6 Å². The van der Waals surface area contributed by atoms with E-state index >= 15 is 0 Å². The number of ether oxygens (including phenoxy) is 2. The van der Waals surface area contributed by atoms with Gasteiger partial charge in [-0.05, 0) is 50.1 Å². The number of fused-ring (bicyclic) bond motifs is 1. The van der Waals surface area contributed by atoms with Crippen LogP contribution in [0.3, 0.4) is 0 Å². The summed E-state index contributed by atoms with van der Waals surface area (Å²) in [5.74, 6) is 0.912. The number of amides is 1. The Hall–Kier alpha value is -3.76. The molecule has 1 aliphatic rings. The third kappa shape index (κ3) is 10.4. The smallest absolute Gasteiger partial charge is 0.469 e. The highest BCUT2D eigenvalue weighted by Gasteiger charge is 2.24. The van der Waals surface area contributed by atoms with Crippen molar-refractivity contribution < 1.29 is 37.5 Å². The number of nitrogens with zero attached hydrogens (tertiary/aromatic N) is 4. The molecule has 3 heterocycles. The van der Waals surface area contributed by atoms with Gasteiger partial charge in [0.05, 0.1) is 32.3 Å². The number of phosphoric ester groups is 1. The first-order valence-electron chi connectivity index (χ1n) is 15.0. The molecule has 0 spiro atoms. The molecule has 1 aliphatic heterocycles. The minimum absolute atomic E-state index is 0.0484. The summed E-state index contributed by atoms with van der Waals surface area (Å²) < 4.78 is 40.5. The van der Waals surface area contributed by atoms with Crippen molar-refractivity contribution in [2.75, 3.05) is 57.1 Å². The predicted molar refractivity (Wildman–Crippen MR) is 176 cm³/mol. The van der Waals surface area contributed by atoms with Gasteiger partial charge in [-0.15, -0.1) is 11.3 Å². The van der Waals surface area contributed by atoms with Gasteiger partial charge in [0.15, 0.2) is 16.6 Å². The van der Waals surface area contributed by atoms with Gasteiger partial charge in [0.1, 0.15) is 18.0 Å². The molecule has 5 N–H and O–H groups in total. The molecule has 17 heteroatoms. The lowest BCUT2D eigenvalue weighted by Gasteiger charge is -2.25. The first-order chi connectivity index (χ1) is 22.7. The van der Waals surface area contributed by atoms with Crippen LogP contribution in [0.2, 0.25) is 0 Å². The predicted octanol–water partition coefficient (Wildman–Crippen LogP) is 4.09. The first-order valence-corrected chi connectivity index (χ1v) is 17.4. The van der Waals surface area contributed by atoms with E-state index in [2.05, 4.69) is 40.3 Å². The van der Waals surface area contributed by atoms with E-state index in [1.165, 1.54) is 35.9 Å². The molecule has 0 bridgehead atoms. The number of rotatable bonds is 17. The quantitative estimate of drug-likeness (QED) is 0.0791. The van der Waals surface area contributed by atoms with Crippen molar-refractivity contribution in [2.45, 2.75) is 31.7 Å². The molecule has 252 valence electrons. The number of halogens is 1. The third-order valence-corrected chi connectivity index (χ3v) is 8.84. The number of aromatic nitrogens is 3. The van der Waals surface area contributed by atoms with Crippen LogP contribution >= 0.6 is 19.2 Å². The van der Waals surface area contributed by atoms with Crippen LogP contribution in [0.1, 0.15) is 24.1 Å². The summed E-state index contributed by atoms with van der Waals surface area (Å²) in [5.41, 5.74) is 1.04. The van der Waals surface area contributed by atoms with Gasteiger partial charge in [0, 0.05) is 53.9 Å². The van der Waals surface area contributed by atoms with Gasteiger partial charge in [-0.1, -0.05) is 6.07 Å². The Labute approximate surface area is 274 Å². The Kier molecular flexibility index (Phi) is 12.0. The van der Waals surface area contributed by atoms with Gasteiger partial charge in [-0.2, -0.15) is 0 Å². The van der Waals surface area contributed by atoms with Crippen molar-refractivity contribution in [1.29, 1.82) is 0 Å². The fourth-order valence-corrected chi connectivity index (χ4v) is 6.43. The van der Waals surface area contributed by atoms with E-state index < -0.39 is 13.6 Å². The fourth-order valence-electron chi connectivity index (χ4n) is 5.29. The van der Waals surface area contributed by atoms with Gasteiger partial charge >= 0.3 is 7.82 Å². The van der Waals surface area contributed by atoms with Crippen LogP contribution < -0.4 is 25.4 Å². The number of benzene rings is 2. The lowest BCUT2D eigenvalue weighted by Crippen LogP contribution is -2.39. The molecule has 1 amide bonds. The summed E-state index contributed by atoms with van der Waals surface area (Å²) in [6.45, 7) is 3.34. The zero-order chi connectivity index (χ0) is 33.2. The fraction of sp³-hybridized carbons (Fsp3) is 0.400. The van der Waals surface area contributed by atoms with Gasteiger partial charge in [-0.25, -0.2) is 23.9 Å². The number of likely N-dealkylation sites (tertiary alicyclic amines) is 1. The number of thiazole rings is 1. The summed E-state index contributed by atoms with van der Waals surface area (Å²) >= 11 is 1.31. The highest BCUT2D eigenvalue weighted by atomic mass is 32.1. The van der Waals surface area contributed by atoms with Gasteiger partial charge in [-0.3, -0.25) is 14.2 Å². The Morgan fingerprint density at radius 2 is 2.04 bits per heavy atom. The summed E-state index contributed by atoms with van der Waals surface area (Å²) in [7, 11) is -2.87. The lowest BCUT2D eigenvalue weighted by atomic mass is 10.2. The number of phosphoric acid groups is 1. The maximum absolute atomic E-state index is 13.4. The summed E-state index contributed by atoms with van der Waals surface area (Å²) in [5, 5.41) is 10.4. The van der Waals surface area contributed by atoms with Crippen LogP contribution in [-0.2, 0) is 20.3 Å². The van der Waals surface area contributed by atoms with E-state index in [9.17, 15) is 13.8 Å². The maximum atomic E-state index is 13.4. The second kappa shape index (κ2) is 16.4. The first kappa shape index (κ1) is 34.6. The van der Waals surface area contributed by atoms with E-state index in [1.54, 1.807) is 19.4 Å². The minimum Gasteiger partial charge on any atom is -0.493 e. The summed E-state index contributed by atoms with van der Waals surface area (Å²) in [6.07, 6.45) is 6.08. The molecule has 0 unspecified atom stereocenters. The molecule has 5 rings (SSSR count). The van der Waals surface area contributed by atoms with E-state index in [4.69, 9.17) is 19.3 Å². The van der Waals surface area contributed by atoms with E-state index in [-0.39, 0.29) is 18.9 Å². The molecule has 47 heavy (non-hydrogen) atoms. The topological polar surface area (TPSA) is 180 Å². The van der Waals surface area contributed by atoms with Crippen LogP contribution in [0.4, 0.5) is 21.0 Å². The Balaban J connectivity index is 1.13. The van der Waals surface area contributed by atoms with Crippen LogP contribution in [0.25, 0.3) is 10.9 Å². The molecule has 0 aliphatic carbocycles. The van der Waals surface area contributed by atoms with E-state index in [0.29, 0.717) is 64.8 Å². The number of nitrogens with one attached hydrogen (secondary N) is 3. The summed E-state index contributed by atoms with van der Waals surface area (Å²) in [6, 6.07) is 9.69. The number of hydrogen-bond acceptors (Lipinski definition) is 12. The zero-order valence-electron chi connectivity index (χ0n) is 25.7. The third-order valence-electron chi connectivity index (χ3n) is 7.41. The van der Waals surface area contributed by atoms with Crippen molar-refractivity contribution in [3.63, 3.8) is 0 Å². The number of anilines is 3. The number of carbonyl (C=O) groups excluding carboxylic acids is 1. The lowest BCUT2D eigenvalue weighted by molar-refractivity contribution is -0.115. The average molecular weight is 690 g/mol. The maximum Gasteiger partial charge on any atom is 0.469 e. The minimum atomic E-state index is -4.44. The molecule has 1 atom stereocenters. The van der Waals surface area contributed by atoms with E-state index in [1.807, 2.05) is 12.1 Å². The standard InChI is InChI=1S/C30H37FN7O7PS/c1-43-26-15-24-25(16-27(26)44-11-4-10-38-9-3-7-22(38)17-32-8-12-45-46(40,41)42)34-19-35-29(24)37-30-33-18-23(47-30)14-28(39)36-21-6-2-5-20(31)13-21/h2,5-6,13,15-16,18-19,22,32H,3-4,7-12,14,17H2,1H3,(H,36,39)(H2,40,41,42)(H,33,34,35,37)/t22-/m0/s1. The largest absolute Gasteiger partial charge is 0.493 e. The van der Waals surface area contributed by atoms with E-state index in [0.717, 1.165) is 37.2 Å². The van der Waals surface area contributed by atoms with Crippen molar-refractivity contribution in [1.82, 2.24) is 25.2 Å². The number of hydrogen-bond donors (Lipinski definition) is 5. The van der Waals surface area contributed by atoms with Gasteiger partial charge < -0.3 is 35.2 Å². The van der Waals surface area contributed by atoms with Crippen molar-refractivity contribution in [3.05, 3.63) is 59.6 Å². The highest BCUT2D eigenvalue weighted by Crippen LogP contribution is 2.36. The van der Waals surface area contributed by atoms with Gasteiger partial charge in [0.2, 0.25) is 5.91 Å². The molecule has 0 radical (unpaired) electrons. The average Bonchev–Trinajstić information content (AvgIpc) is 3.67. The second-order valence-corrected chi connectivity index (χ2v) is 13.2. The molecule has 1 saturated heterocycles. The summed E-state index contributed by atoms with van der Waals surface area (Å²) in [4.78, 5) is 46.3. The zero-order valence-corrected chi connectivity index (χ0v) is 27.4. The van der Waals surface area contributed by atoms with Crippen LogP contribution in [0, 0.1) is 5.82 Å². The van der Waals surface area contributed by atoms with Crippen LogP contribution in [0.15, 0.2) is 48.9 Å². The normalized spacial score (nSPS) is 15.2. The molecule has 2 aromatic heterocycles. The second-order valence-electron chi connectivity index (χ2n) is 10.8. The van der Waals surface area contributed by atoms with Crippen LogP contribution in [0.5, 0.6) is 11.5 Å².